The van der Waals surface area contributed by atoms with Gasteiger partial charge in [-0.1, -0.05) is 11.6 Å². The van der Waals surface area contributed by atoms with Gasteiger partial charge in [-0.05, 0) is 25.3 Å². The standard InChI is InChI=1S/C21H23ClN2O7S.C5H11NO2/c22-16-13-17-19(14-18(16)30-11-4-12-32(27,28)29)31-21(23-17)15-6-9-24(10-7-15)8-3-1-2-5-20(25)26;1-6(2,3)4-5(7)8/h6-7,9-10,13-14H,1-5,8,11-12H2,(H-,25,26,27,28,29);4H2,1-3H3. The van der Waals surface area contributed by atoms with Crippen LogP contribution in [-0.4, -0.2) is 79.5 Å². The molecule has 2 heterocycles. The quantitative estimate of drug-likeness (QED) is 0.125. The van der Waals surface area contributed by atoms with Gasteiger partial charge in [0.05, 0.1) is 48.9 Å². The first-order valence-electron chi connectivity index (χ1n) is 12.5. The average molecular weight is 600 g/mol. The van der Waals surface area contributed by atoms with E-state index in [1.54, 1.807) is 33.3 Å². The molecule has 1 aromatic carbocycles. The first-order chi connectivity index (χ1) is 18.6. The predicted octanol–water partition coefficient (Wildman–Crippen LogP) is 1.84. The summed E-state index contributed by atoms with van der Waals surface area (Å²) in [6.07, 6.45) is 6.49. The Morgan fingerprint density at radius 3 is 2.35 bits per heavy atom. The van der Waals surface area contributed by atoms with Crippen molar-refractivity contribution in [2.45, 2.75) is 38.6 Å². The van der Waals surface area contributed by atoms with Crippen LogP contribution in [0.4, 0.5) is 0 Å². The molecule has 0 aliphatic carbocycles. The molecule has 0 unspecified atom stereocenters. The predicted molar refractivity (Wildman–Crippen MR) is 143 cm³/mol. The van der Waals surface area contributed by atoms with Crippen LogP contribution in [0.2, 0.25) is 5.02 Å². The van der Waals surface area contributed by atoms with Gasteiger partial charge in [-0.15, -0.1) is 0 Å². The lowest BCUT2D eigenvalue weighted by Crippen LogP contribution is -2.45. The molecule has 14 heteroatoms. The van der Waals surface area contributed by atoms with Gasteiger partial charge in [0, 0.05) is 42.4 Å². The van der Waals surface area contributed by atoms with Gasteiger partial charge >= 0.3 is 5.97 Å². The number of carbonyl (C=O) groups is 2. The van der Waals surface area contributed by atoms with Crippen LogP contribution in [0.5, 0.6) is 5.75 Å². The minimum atomic E-state index is -4.28. The Kier molecular flexibility index (Phi) is 12.3. The van der Waals surface area contributed by atoms with Gasteiger partial charge in [0.15, 0.2) is 18.0 Å². The van der Waals surface area contributed by atoms with E-state index in [2.05, 4.69) is 4.98 Å². The molecule has 1 N–H and O–H groups in total. The Labute approximate surface area is 238 Å². The molecule has 220 valence electrons. The number of aromatic nitrogens is 2. The molecule has 0 aliphatic rings. The number of ether oxygens (including phenoxy) is 1. The van der Waals surface area contributed by atoms with Gasteiger partial charge in [0.2, 0.25) is 5.89 Å². The number of carbonyl (C=O) groups excluding carboxylic acids is 1. The molecule has 0 aliphatic heterocycles. The number of nitrogens with zero attached hydrogens (tertiary/aromatic N) is 3. The van der Waals surface area contributed by atoms with Crippen LogP contribution in [0.25, 0.3) is 22.6 Å². The van der Waals surface area contributed by atoms with E-state index < -0.39 is 27.8 Å². The van der Waals surface area contributed by atoms with Crippen molar-refractivity contribution in [3.05, 3.63) is 41.7 Å². The minimum Gasteiger partial charge on any atom is -0.748 e. The minimum absolute atomic E-state index is 0.0304. The number of carboxylic acids is 2. The number of fused-ring (bicyclic) bond motifs is 1. The van der Waals surface area contributed by atoms with Gasteiger partial charge in [-0.3, -0.25) is 4.79 Å². The van der Waals surface area contributed by atoms with Crippen LogP contribution in [0.15, 0.2) is 41.1 Å². The summed E-state index contributed by atoms with van der Waals surface area (Å²) < 4.78 is 45.7. The maximum atomic E-state index is 10.7. The molecule has 3 rings (SSSR count). The maximum absolute atomic E-state index is 10.7. The average Bonchev–Trinajstić information content (AvgIpc) is 3.22. The highest BCUT2D eigenvalue weighted by Crippen LogP contribution is 2.32. The topological polar surface area (TPSA) is 174 Å². The van der Waals surface area contributed by atoms with Crippen molar-refractivity contribution in [3.63, 3.8) is 0 Å². The monoisotopic (exact) mass is 599 g/mol. The number of carboxylic acid groups (broad SMARTS) is 2. The van der Waals surface area contributed by atoms with Gasteiger partial charge in [0.1, 0.15) is 24.4 Å². The Balaban J connectivity index is 0.000000611. The number of halogens is 1. The van der Waals surface area contributed by atoms with Crippen molar-refractivity contribution in [2.75, 3.05) is 40.0 Å². The summed E-state index contributed by atoms with van der Waals surface area (Å²) >= 11 is 6.21. The lowest BCUT2D eigenvalue weighted by Gasteiger charge is -2.23. The molecule has 0 radical (unpaired) electrons. The SMILES string of the molecule is C[N+](C)(C)CC(=O)[O-].O=C(O)CCCCC[n+]1ccc(-c2nc3cc(Cl)c(OCCCS(=O)(=O)[O-])cc3o2)cc1. The summed E-state index contributed by atoms with van der Waals surface area (Å²) in [6.45, 7) is 0.889. The number of unbranched alkanes of at least 4 members (excludes halogenated alkanes) is 2. The number of aliphatic carboxylic acids is 2. The molecule has 0 saturated carbocycles. The maximum Gasteiger partial charge on any atom is 0.303 e. The van der Waals surface area contributed by atoms with E-state index in [0.717, 1.165) is 24.9 Å². The van der Waals surface area contributed by atoms with Crippen LogP contribution < -0.4 is 14.4 Å². The highest BCUT2D eigenvalue weighted by molar-refractivity contribution is 7.85. The molecule has 2 aromatic heterocycles. The van der Waals surface area contributed by atoms with E-state index in [1.807, 2.05) is 29.1 Å². The van der Waals surface area contributed by atoms with Gasteiger partial charge in [0.25, 0.3) is 0 Å². The Hall–Kier alpha value is -3.26. The fraction of sp³-hybridized carbons (Fsp3) is 0.462. The second kappa shape index (κ2) is 14.9. The van der Waals surface area contributed by atoms with Crippen LogP contribution >= 0.6 is 11.6 Å². The van der Waals surface area contributed by atoms with Crippen LogP contribution in [-0.2, 0) is 26.3 Å². The summed E-state index contributed by atoms with van der Waals surface area (Å²) in [5.41, 5.74) is 1.79. The molecule has 0 saturated heterocycles. The molecule has 0 bridgehead atoms. The zero-order chi connectivity index (χ0) is 29.9. The third-order valence-corrected chi connectivity index (χ3v) is 6.37. The molecule has 40 heavy (non-hydrogen) atoms. The number of hydrogen-bond acceptors (Lipinski definition) is 9. The molecule has 0 atom stereocenters. The molecule has 0 fully saturated rings. The third kappa shape index (κ3) is 12.7. The van der Waals surface area contributed by atoms with Crippen LogP contribution in [0, 0.1) is 0 Å². The zero-order valence-corrected chi connectivity index (χ0v) is 24.2. The number of likely N-dealkylation sites (N-methyl/N-ethyl adjacent to an activating group) is 1. The Bertz CT molecular complexity index is 1380. The van der Waals surface area contributed by atoms with Crippen molar-refractivity contribution in [3.8, 4) is 17.2 Å². The van der Waals surface area contributed by atoms with E-state index in [0.29, 0.717) is 38.7 Å². The van der Waals surface area contributed by atoms with E-state index in [4.69, 9.17) is 25.9 Å². The number of oxazole rings is 1. The molecular weight excluding hydrogens is 566 g/mol. The van der Waals surface area contributed by atoms with E-state index in [-0.39, 0.29) is 26.0 Å². The van der Waals surface area contributed by atoms with Crippen molar-refractivity contribution in [1.29, 1.82) is 0 Å². The number of aryl methyl sites for hydroxylation is 1. The smallest absolute Gasteiger partial charge is 0.303 e. The van der Waals surface area contributed by atoms with Crippen LogP contribution in [0.3, 0.4) is 0 Å². The summed E-state index contributed by atoms with van der Waals surface area (Å²) in [5, 5.41) is 18.9. The van der Waals surface area contributed by atoms with Gasteiger partial charge in [-0.25, -0.2) is 18.0 Å². The van der Waals surface area contributed by atoms with E-state index >= 15 is 0 Å². The molecule has 0 amide bonds. The first kappa shape index (κ1) is 32.9. The fourth-order valence-corrected chi connectivity index (χ4v) is 4.15. The highest BCUT2D eigenvalue weighted by atomic mass is 35.5. The molecular formula is C26H34ClN3O9S. The van der Waals surface area contributed by atoms with E-state index in [9.17, 15) is 27.7 Å². The van der Waals surface area contributed by atoms with Crippen molar-refractivity contribution >= 4 is 44.8 Å². The normalized spacial score (nSPS) is 11.6. The van der Waals surface area contributed by atoms with Crippen LogP contribution in [0.1, 0.15) is 32.1 Å². The summed E-state index contributed by atoms with van der Waals surface area (Å²) in [7, 11) is 1.12. The highest BCUT2D eigenvalue weighted by Gasteiger charge is 2.14. The van der Waals surface area contributed by atoms with E-state index in [1.165, 1.54) is 0 Å². The molecule has 12 nitrogen and oxygen atoms in total. The van der Waals surface area contributed by atoms with Crippen molar-refractivity contribution < 1.29 is 51.0 Å². The van der Waals surface area contributed by atoms with Crippen molar-refractivity contribution in [2.24, 2.45) is 0 Å². The summed E-state index contributed by atoms with van der Waals surface area (Å²) in [4.78, 5) is 24.9. The third-order valence-electron chi connectivity index (χ3n) is 5.29. The Morgan fingerprint density at radius 1 is 1.12 bits per heavy atom. The zero-order valence-electron chi connectivity index (χ0n) is 22.7. The lowest BCUT2D eigenvalue weighted by molar-refractivity contribution is -0.864. The second-order valence-corrected chi connectivity index (χ2v) is 12.0. The van der Waals surface area contributed by atoms with Crippen molar-refractivity contribution in [1.82, 2.24) is 4.98 Å². The lowest BCUT2D eigenvalue weighted by atomic mass is 10.2. The first-order valence-corrected chi connectivity index (χ1v) is 14.5. The number of quaternary nitrogens is 1. The van der Waals surface area contributed by atoms with Gasteiger partial charge < -0.3 is 33.2 Å². The molecule has 0 spiro atoms. The largest absolute Gasteiger partial charge is 0.748 e. The molecule has 3 aromatic rings. The number of benzene rings is 1. The Morgan fingerprint density at radius 2 is 1.80 bits per heavy atom. The summed E-state index contributed by atoms with van der Waals surface area (Å²) in [6, 6.07) is 6.94. The fourth-order valence-electron chi connectivity index (χ4n) is 3.47. The number of pyridine rings is 1. The number of rotatable bonds is 14. The second-order valence-electron chi connectivity index (χ2n) is 10.1. The summed E-state index contributed by atoms with van der Waals surface area (Å²) in [5.74, 6) is -1.54. The van der Waals surface area contributed by atoms with Gasteiger partial charge in [-0.2, -0.15) is 0 Å². The number of hydrogen-bond donors (Lipinski definition) is 1.